The number of aromatic nitrogens is 1. The summed E-state index contributed by atoms with van der Waals surface area (Å²) in [6, 6.07) is 5.66. The number of benzene rings is 1. The Morgan fingerprint density at radius 3 is 2.74 bits per heavy atom. The van der Waals surface area contributed by atoms with Crippen LogP contribution in [-0.2, 0) is 16.7 Å². The van der Waals surface area contributed by atoms with E-state index < -0.39 is 10.1 Å². The molecule has 1 aromatic heterocycles. The lowest BCUT2D eigenvalue weighted by Gasteiger charge is -1.97. The number of fused-ring (bicyclic) bond motifs is 1. The third-order valence-corrected chi connectivity index (χ3v) is 4.75. The molecule has 0 bridgehead atoms. The van der Waals surface area contributed by atoms with Crippen molar-refractivity contribution < 1.29 is 23.0 Å². The van der Waals surface area contributed by atoms with Gasteiger partial charge in [-0.3, -0.25) is 4.55 Å². The average Bonchev–Trinajstić information content (AvgIpc) is 2.54. The summed E-state index contributed by atoms with van der Waals surface area (Å²) in [6.07, 6.45) is 0.378. The molecule has 5 nitrogen and oxygen atoms in total. The molecule has 8 heteroatoms. The molecule has 0 saturated carbocycles. The van der Waals surface area contributed by atoms with Gasteiger partial charge in [0.25, 0.3) is 10.1 Å². The maximum absolute atomic E-state index is 10.7. The molecule has 106 valence electrons. The molecule has 0 aliphatic heterocycles. The highest BCUT2D eigenvalue weighted by Gasteiger charge is 2.18. The molecule has 1 heterocycles. The molecule has 0 radical (unpaired) electrons. The van der Waals surface area contributed by atoms with Crippen molar-refractivity contribution in [1.29, 1.82) is 0 Å². The Morgan fingerprint density at radius 2 is 2.11 bits per heavy atom. The van der Waals surface area contributed by atoms with Crippen molar-refractivity contribution in [2.75, 3.05) is 5.75 Å². The van der Waals surface area contributed by atoms with Gasteiger partial charge in [-0.15, -0.1) is 0 Å². The zero-order chi connectivity index (χ0) is 13.3. The third-order valence-electron chi connectivity index (χ3n) is 2.63. The Kier molecular flexibility index (Phi) is 5.28. The second kappa shape index (κ2) is 6.15. The summed E-state index contributed by atoms with van der Waals surface area (Å²) in [5, 5.41) is 1.74. The first-order chi connectivity index (χ1) is 8.37. The van der Waals surface area contributed by atoms with Gasteiger partial charge in [0.15, 0.2) is 6.54 Å². The topological polar surface area (TPSA) is 88.2 Å². The van der Waals surface area contributed by atoms with Gasteiger partial charge in [0.1, 0.15) is 4.70 Å². The highest BCUT2D eigenvalue weighted by atomic mass is 35.5. The third kappa shape index (κ3) is 4.12. The standard InChI is InChI=1S/C11H12ClNO3S2.H2O/c1-8-13(5-2-6-18(14,15)16)10-7-9(12)3-4-11(10)17-8;/h3-4,7H,2,5-6H2,1H3;1H2. The van der Waals surface area contributed by atoms with Crippen LogP contribution in [0.2, 0.25) is 5.02 Å². The minimum absolute atomic E-state index is 0. The van der Waals surface area contributed by atoms with Gasteiger partial charge in [0, 0.05) is 24.4 Å². The van der Waals surface area contributed by atoms with Crippen LogP contribution in [0.25, 0.3) is 10.2 Å². The average molecular weight is 324 g/mol. The fourth-order valence-corrected chi connectivity index (χ4v) is 3.54. The predicted octanol–water partition coefficient (Wildman–Crippen LogP) is 2.25. The van der Waals surface area contributed by atoms with Crippen LogP contribution in [0.1, 0.15) is 11.4 Å². The molecule has 19 heavy (non-hydrogen) atoms. The number of aryl methyl sites for hydroxylation is 2. The van der Waals surface area contributed by atoms with Crippen LogP contribution in [-0.4, -0.2) is 24.2 Å². The Hall–Kier alpha value is -0.730. The second-order valence-corrected chi connectivity index (χ2v) is 7.27. The fraction of sp³-hybridized carbons (Fsp3) is 0.364. The van der Waals surface area contributed by atoms with Crippen LogP contribution >= 0.6 is 22.9 Å². The first-order valence-corrected chi connectivity index (χ1v) is 8.21. The van der Waals surface area contributed by atoms with E-state index in [0.29, 0.717) is 18.0 Å². The van der Waals surface area contributed by atoms with Crippen molar-refractivity contribution in [2.24, 2.45) is 0 Å². The normalized spacial score (nSPS) is 11.5. The molecule has 2 N–H and O–H groups in total. The molecule has 0 aliphatic rings. The van der Waals surface area contributed by atoms with Gasteiger partial charge in [-0.25, -0.2) is 0 Å². The summed E-state index contributed by atoms with van der Waals surface area (Å²) in [4.78, 5) is 0. The summed E-state index contributed by atoms with van der Waals surface area (Å²) >= 11 is 7.60. The van der Waals surface area contributed by atoms with E-state index in [1.165, 1.54) is 0 Å². The van der Waals surface area contributed by atoms with Gasteiger partial charge in [0.2, 0.25) is 10.5 Å². The summed E-state index contributed by atoms with van der Waals surface area (Å²) in [7, 11) is -3.89. The largest absolute Gasteiger partial charge is 0.870 e. The van der Waals surface area contributed by atoms with Gasteiger partial charge in [-0.2, -0.15) is 13.0 Å². The van der Waals surface area contributed by atoms with Gasteiger partial charge < -0.3 is 5.48 Å². The van der Waals surface area contributed by atoms with E-state index in [2.05, 4.69) is 0 Å². The predicted molar refractivity (Wildman–Crippen MR) is 74.7 cm³/mol. The summed E-state index contributed by atoms with van der Waals surface area (Å²) in [5.41, 5.74) is 1.00. The molecule has 2 aromatic rings. The molecular weight excluding hydrogens is 310 g/mol. The van der Waals surface area contributed by atoms with Crippen molar-refractivity contribution in [3.63, 3.8) is 0 Å². The summed E-state index contributed by atoms with van der Waals surface area (Å²) in [6.45, 7) is 2.53. The smallest absolute Gasteiger partial charge is 0.265 e. The number of nitrogens with zero attached hydrogens (tertiary/aromatic N) is 1. The summed E-state index contributed by atoms with van der Waals surface area (Å²) in [5.74, 6) is -0.225. The van der Waals surface area contributed by atoms with E-state index in [4.69, 9.17) is 16.2 Å². The molecule has 1 aromatic carbocycles. The van der Waals surface area contributed by atoms with Crippen LogP contribution in [0.3, 0.4) is 0 Å². The Labute approximate surface area is 120 Å². The lowest BCUT2D eigenvalue weighted by atomic mass is 10.3. The van der Waals surface area contributed by atoms with E-state index in [1.54, 1.807) is 11.3 Å². The molecule has 0 saturated heterocycles. The maximum Gasteiger partial charge on any atom is 0.265 e. The zero-order valence-corrected chi connectivity index (χ0v) is 12.6. The monoisotopic (exact) mass is 323 g/mol. The van der Waals surface area contributed by atoms with Gasteiger partial charge in [-0.1, -0.05) is 22.9 Å². The van der Waals surface area contributed by atoms with Crippen LogP contribution < -0.4 is 4.57 Å². The fourth-order valence-electron chi connectivity index (χ4n) is 1.85. The van der Waals surface area contributed by atoms with E-state index in [9.17, 15) is 8.42 Å². The van der Waals surface area contributed by atoms with E-state index >= 15 is 0 Å². The van der Waals surface area contributed by atoms with Crippen molar-refractivity contribution >= 4 is 43.3 Å². The number of hydrogen-bond acceptors (Lipinski definition) is 4. The summed E-state index contributed by atoms with van der Waals surface area (Å²) < 4.78 is 33.2. The van der Waals surface area contributed by atoms with Gasteiger partial charge in [0.05, 0.1) is 5.75 Å². The first-order valence-electron chi connectivity index (χ1n) is 5.40. The molecule has 0 unspecified atom stereocenters. The van der Waals surface area contributed by atoms with Crippen LogP contribution in [0.4, 0.5) is 0 Å². The molecule has 0 fully saturated rings. The second-order valence-electron chi connectivity index (χ2n) is 4.02. The van der Waals surface area contributed by atoms with Crippen molar-refractivity contribution in [3.8, 4) is 0 Å². The minimum Gasteiger partial charge on any atom is -0.870 e. The van der Waals surface area contributed by atoms with Gasteiger partial charge >= 0.3 is 0 Å². The number of rotatable bonds is 4. The van der Waals surface area contributed by atoms with Gasteiger partial charge in [-0.05, 0) is 12.1 Å². The molecule has 0 atom stereocenters. The number of halogens is 1. The highest BCUT2D eigenvalue weighted by molar-refractivity contribution is 7.85. The van der Waals surface area contributed by atoms with E-state index in [0.717, 1.165) is 15.2 Å². The molecular formula is C11H14ClNO4S2. The minimum atomic E-state index is -3.89. The quantitative estimate of drug-likeness (QED) is 0.690. The Bertz CT molecular complexity index is 681. The lowest BCUT2D eigenvalue weighted by molar-refractivity contribution is -0.672. The van der Waals surface area contributed by atoms with Crippen LogP contribution in [0.15, 0.2) is 18.2 Å². The first kappa shape index (κ1) is 16.3. The Balaban J connectivity index is 0.00000180. The molecule has 0 spiro atoms. The van der Waals surface area contributed by atoms with Crippen molar-refractivity contribution in [2.45, 2.75) is 19.9 Å². The van der Waals surface area contributed by atoms with Crippen molar-refractivity contribution in [3.05, 3.63) is 28.2 Å². The van der Waals surface area contributed by atoms with Crippen LogP contribution in [0, 0.1) is 6.92 Å². The van der Waals surface area contributed by atoms with E-state index in [-0.39, 0.29) is 11.2 Å². The molecule has 0 amide bonds. The molecule has 0 aliphatic carbocycles. The lowest BCUT2D eigenvalue weighted by Crippen LogP contribution is -2.35. The zero-order valence-electron chi connectivity index (χ0n) is 10.2. The van der Waals surface area contributed by atoms with Crippen LogP contribution in [0.5, 0.6) is 0 Å². The Morgan fingerprint density at radius 1 is 1.42 bits per heavy atom. The highest BCUT2D eigenvalue weighted by Crippen LogP contribution is 2.23. The van der Waals surface area contributed by atoms with Crippen molar-refractivity contribution in [1.82, 2.24) is 0 Å². The number of thiazole rings is 1. The number of hydrogen-bond donors (Lipinski definition) is 1. The molecule has 2 rings (SSSR count). The SMILES string of the molecule is Cc1sc2ccc(Cl)cc2[n+]1CCCS(=O)(=O)O.[OH-]. The maximum atomic E-state index is 10.7. The van der Waals surface area contributed by atoms with E-state index in [1.807, 2.05) is 29.7 Å².